The van der Waals surface area contributed by atoms with Gasteiger partial charge in [0.2, 0.25) is 0 Å². The van der Waals surface area contributed by atoms with Crippen LogP contribution in [0.2, 0.25) is 0 Å². The third-order valence-electron chi connectivity index (χ3n) is 2.65. The predicted octanol–water partition coefficient (Wildman–Crippen LogP) is 5.95. The molecule has 2 unspecified atom stereocenters. The van der Waals surface area contributed by atoms with E-state index in [0.717, 1.165) is 11.1 Å². The van der Waals surface area contributed by atoms with E-state index in [0.29, 0.717) is 0 Å². The minimum absolute atomic E-state index is 0.106. The molecule has 0 spiro atoms. The Balaban J connectivity index is 0.000000550. The molecule has 0 aromatic heterocycles. The number of hydrogen-bond donors (Lipinski definition) is 0. The first-order valence-corrected chi connectivity index (χ1v) is 9.55. The van der Waals surface area contributed by atoms with E-state index in [1.54, 1.807) is 0 Å². The summed E-state index contributed by atoms with van der Waals surface area (Å²) in [4.78, 5) is 0. The molecular weight excluding hydrogens is 373 g/mol. The fourth-order valence-electron chi connectivity index (χ4n) is 1.71. The van der Waals surface area contributed by atoms with E-state index in [1.807, 2.05) is 60.7 Å². The van der Waals surface area contributed by atoms with Gasteiger partial charge in [0.25, 0.3) is 0 Å². The van der Waals surface area contributed by atoms with Gasteiger partial charge in [0, 0.05) is 0 Å². The SMILES string of the molecule is [Cl][Pd][Cl].[NH-]C(c1ccccc1)C([NH-])c1ccccc1. The number of halogens is 2. The van der Waals surface area contributed by atoms with Crippen LogP contribution in [0.25, 0.3) is 11.5 Å². The summed E-state index contributed by atoms with van der Waals surface area (Å²) in [6, 6.07) is 18.1. The molecule has 2 aromatic rings. The van der Waals surface area contributed by atoms with Gasteiger partial charge in [-0.3, -0.25) is 0 Å². The van der Waals surface area contributed by atoms with Crippen LogP contribution in [0, 0.1) is 0 Å². The van der Waals surface area contributed by atoms with Crippen molar-refractivity contribution in [1.29, 1.82) is 0 Å². The summed E-state index contributed by atoms with van der Waals surface area (Å²) < 4.78 is 0. The molecule has 5 heteroatoms. The van der Waals surface area contributed by atoms with Crippen molar-refractivity contribution in [2.24, 2.45) is 0 Å². The van der Waals surface area contributed by atoms with E-state index < -0.39 is 12.1 Å². The van der Waals surface area contributed by atoms with E-state index in [-0.39, 0.29) is 15.9 Å². The summed E-state index contributed by atoms with van der Waals surface area (Å²) in [6.45, 7) is 0. The second-order valence-corrected chi connectivity index (χ2v) is 6.18. The molecule has 2 atom stereocenters. The smallest absolute Gasteiger partial charge is 0.0606 e. The van der Waals surface area contributed by atoms with Gasteiger partial charge in [-0.1, -0.05) is 71.8 Å². The topological polar surface area (TPSA) is 47.6 Å². The maximum absolute atomic E-state index is 8.07. The van der Waals surface area contributed by atoms with Crippen LogP contribution in [0.5, 0.6) is 0 Å². The van der Waals surface area contributed by atoms with E-state index >= 15 is 0 Å². The maximum Gasteiger partial charge on any atom is -0.0606 e. The average molecular weight is 388 g/mol. The Hall–Kier alpha value is -0.398. The largest absolute Gasteiger partial charge is 0.672 e. The van der Waals surface area contributed by atoms with Crippen LogP contribution in [-0.2, 0) is 15.9 Å². The molecule has 19 heavy (non-hydrogen) atoms. The normalized spacial score (nSPS) is 13.3. The Labute approximate surface area is 130 Å². The monoisotopic (exact) mass is 386 g/mol. The quantitative estimate of drug-likeness (QED) is 0.584. The number of hydrogen-bond acceptors (Lipinski definition) is 0. The molecule has 0 aliphatic carbocycles. The molecule has 2 rings (SSSR count). The third-order valence-corrected chi connectivity index (χ3v) is 2.65. The Morgan fingerprint density at radius 1 is 0.684 bits per heavy atom. The molecule has 0 aliphatic heterocycles. The van der Waals surface area contributed by atoms with Crippen molar-refractivity contribution in [3.8, 4) is 0 Å². The minimum Gasteiger partial charge on any atom is -0.672 e. The van der Waals surface area contributed by atoms with E-state index in [4.69, 9.17) is 30.5 Å². The Kier molecular flexibility index (Phi) is 8.33. The van der Waals surface area contributed by atoms with Crippen LogP contribution in [-0.4, -0.2) is 0 Å². The molecule has 0 fully saturated rings. The van der Waals surface area contributed by atoms with Crippen molar-refractivity contribution >= 4 is 19.1 Å². The van der Waals surface area contributed by atoms with Gasteiger partial charge < -0.3 is 11.5 Å². The van der Waals surface area contributed by atoms with E-state index in [2.05, 4.69) is 0 Å². The first kappa shape index (κ1) is 16.7. The van der Waals surface area contributed by atoms with Gasteiger partial charge >= 0.3 is 35.0 Å². The molecule has 2 nitrogen and oxygen atoms in total. The van der Waals surface area contributed by atoms with E-state index in [9.17, 15) is 0 Å². The molecular formula is C14H14Cl2N2Pd-2. The van der Waals surface area contributed by atoms with Crippen LogP contribution < -0.4 is 0 Å². The number of nitrogens with one attached hydrogen (secondary N) is 2. The van der Waals surface area contributed by atoms with Crippen LogP contribution in [0.4, 0.5) is 0 Å². The summed E-state index contributed by atoms with van der Waals surface area (Å²) in [6.07, 6.45) is 0. The van der Waals surface area contributed by atoms with Crippen LogP contribution >= 0.6 is 19.1 Å². The summed E-state index contributed by atoms with van der Waals surface area (Å²) in [5.74, 6) is 0. The second-order valence-electron chi connectivity index (χ2n) is 3.82. The fraction of sp³-hybridized carbons (Fsp3) is 0.143. The molecule has 0 radical (unpaired) electrons. The minimum atomic E-state index is -0.524. The Morgan fingerprint density at radius 3 is 1.21 bits per heavy atom. The van der Waals surface area contributed by atoms with Crippen LogP contribution in [0.3, 0.4) is 0 Å². The molecule has 0 bridgehead atoms. The summed E-state index contributed by atoms with van der Waals surface area (Å²) in [5.41, 5.74) is 17.9. The summed E-state index contributed by atoms with van der Waals surface area (Å²) in [7, 11) is 9.63. The van der Waals surface area contributed by atoms with Gasteiger partial charge in [-0.15, -0.1) is 12.1 Å². The standard InChI is InChI=1S/C14H14N2.2ClH.Pd/c15-13(11-7-3-1-4-8-11)14(16)12-9-5-2-6-10-12;;;/h1-10,13-16H;2*1H;/q-2;;;+2/p-2. The first-order chi connectivity index (χ1) is 9.20. The molecule has 0 amide bonds. The Bertz CT molecular complexity index is 410. The zero-order chi connectivity index (χ0) is 14.1. The predicted molar refractivity (Wildman–Crippen MR) is 78.7 cm³/mol. The zero-order valence-electron chi connectivity index (χ0n) is 10.0. The fourth-order valence-corrected chi connectivity index (χ4v) is 1.71. The van der Waals surface area contributed by atoms with Gasteiger partial charge in [-0.05, 0) is 0 Å². The van der Waals surface area contributed by atoms with Crippen molar-refractivity contribution in [3.05, 3.63) is 83.3 Å². The molecule has 0 aliphatic rings. The zero-order valence-corrected chi connectivity index (χ0v) is 13.1. The molecule has 0 saturated carbocycles. The van der Waals surface area contributed by atoms with E-state index in [1.165, 1.54) is 0 Å². The number of rotatable bonds is 3. The van der Waals surface area contributed by atoms with Crippen molar-refractivity contribution in [3.63, 3.8) is 0 Å². The van der Waals surface area contributed by atoms with Gasteiger partial charge in [-0.25, -0.2) is 0 Å². The molecule has 2 N–H and O–H groups in total. The van der Waals surface area contributed by atoms with Crippen molar-refractivity contribution in [2.45, 2.75) is 12.1 Å². The van der Waals surface area contributed by atoms with Crippen LogP contribution in [0.15, 0.2) is 60.7 Å². The Morgan fingerprint density at radius 2 is 0.947 bits per heavy atom. The maximum atomic E-state index is 8.07. The molecule has 0 heterocycles. The van der Waals surface area contributed by atoms with Gasteiger partial charge in [0.1, 0.15) is 0 Å². The third kappa shape index (κ3) is 5.62. The first-order valence-electron chi connectivity index (χ1n) is 5.55. The number of benzene rings is 2. The average Bonchev–Trinajstić information content (AvgIpc) is 2.48. The second kappa shape index (κ2) is 9.50. The van der Waals surface area contributed by atoms with Crippen molar-refractivity contribution in [1.82, 2.24) is 0 Å². The summed E-state index contributed by atoms with van der Waals surface area (Å²) in [5, 5.41) is 0. The van der Waals surface area contributed by atoms with Crippen molar-refractivity contribution < 1.29 is 15.9 Å². The van der Waals surface area contributed by atoms with Crippen molar-refractivity contribution in [2.75, 3.05) is 0 Å². The molecule has 0 saturated heterocycles. The van der Waals surface area contributed by atoms with Gasteiger partial charge in [-0.2, -0.15) is 0 Å². The molecule has 106 valence electrons. The van der Waals surface area contributed by atoms with Gasteiger partial charge in [0.05, 0.1) is 0 Å². The molecule has 2 aromatic carbocycles. The van der Waals surface area contributed by atoms with Crippen LogP contribution in [0.1, 0.15) is 23.2 Å². The van der Waals surface area contributed by atoms with Gasteiger partial charge in [0.15, 0.2) is 0 Å². The summed E-state index contributed by atoms with van der Waals surface area (Å²) >= 11 is -0.106.